The minimum atomic E-state index is -0.337. The summed E-state index contributed by atoms with van der Waals surface area (Å²) in [4.78, 5) is 28.6. The number of nitrogens with zero attached hydrogens (tertiary/aromatic N) is 1. The number of aryl methyl sites for hydroxylation is 5. The van der Waals surface area contributed by atoms with Crippen LogP contribution in [0.1, 0.15) is 40.3 Å². The molecular weight excluding hydrogens is 396 g/mol. The van der Waals surface area contributed by atoms with Crippen LogP contribution in [0.2, 0.25) is 0 Å². The van der Waals surface area contributed by atoms with Gasteiger partial charge in [0.25, 0.3) is 11.8 Å². The fraction of sp³-hybridized carbons (Fsp3) is 0.214. The summed E-state index contributed by atoms with van der Waals surface area (Å²) in [5.41, 5.74) is 8.16. The van der Waals surface area contributed by atoms with E-state index in [1.54, 1.807) is 0 Å². The van der Waals surface area contributed by atoms with Gasteiger partial charge in [-0.2, -0.15) is 0 Å². The van der Waals surface area contributed by atoms with Gasteiger partial charge in [0.15, 0.2) is 0 Å². The van der Waals surface area contributed by atoms with E-state index in [4.69, 9.17) is 0 Å². The first kappa shape index (κ1) is 21.6. The second-order valence-corrected chi connectivity index (χ2v) is 8.46. The third kappa shape index (κ3) is 3.84. The summed E-state index contributed by atoms with van der Waals surface area (Å²) < 4.78 is 0. The second kappa shape index (κ2) is 8.46. The predicted octanol–water partition coefficient (Wildman–Crippen LogP) is 5.88. The zero-order chi connectivity index (χ0) is 23.0. The van der Waals surface area contributed by atoms with E-state index in [1.807, 2.05) is 88.4 Å². The Hall–Kier alpha value is -3.66. The fourth-order valence-electron chi connectivity index (χ4n) is 3.96. The van der Waals surface area contributed by atoms with E-state index in [2.05, 4.69) is 12.2 Å². The highest BCUT2D eigenvalue weighted by Crippen LogP contribution is 2.36. The van der Waals surface area contributed by atoms with Crippen LogP contribution in [0.15, 0.2) is 66.4 Å². The highest BCUT2D eigenvalue weighted by atomic mass is 16.2. The molecule has 0 fully saturated rings. The number of carbonyl (C=O) groups excluding carboxylic acids is 2. The van der Waals surface area contributed by atoms with Crippen molar-refractivity contribution in [1.82, 2.24) is 0 Å². The van der Waals surface area contributed by atoms with E-state index < -0.39 is 0 Å². The zero-order valence-corrected chi connectivity index (χ0v) is 19.2. The van der Waals surface area contributed by atoms with Crippen molar-refractivity contribution in [2.45, 2.75) is 41.0 Å². The van der Waals surface area contributed by atoms with Crippen LogP contribution in [0, 0.1) is 27.7 Å². The molecule has 4 heteroatoms. The SMILES string of the molecule is CCc1ccc(NC2=C(c3ccc(C)c(C)c3)C(=O)N(c3cc(C)ccc3C)C2=O)cc1. The molecule has 2 amide bonds. The highest BCUT2D eigenvalue weighted by Gasteiger charge is 2.41. The van der Waals surface area contributed by atoms with Gasteiger partial charge < -0.3 is 5.32 Å². The number of rotatable bonds is 5. The Labute approximate surface area is 189 Å². The normalized spacial score (nSPS) is 13.8. The lowest BCUT2D eigenvalue weighted by atomic mass is 9.99. The number of carbonyl (C=O) groups is 2. The van der Waals surface area contributed by atoms with Crippen molar-refractivity contribution in [3.05, 3.63) is 99.7 Å². The molecule has 4 rings (SSSR count). The van der Waals surface area contributed by atoms with Crippen LogP contribution in [-0.2, 0) is 16.0 Å². The molecule has 0 aromatic heterocycles. The highest BCUT2D eigenvalue weighted by molar-refractivity contribution is 6.46. The van der Waals surface area contributed by atoms with E-state index >= 15 is 0 Å². The number of hydrogen-bond acceptors (Lipinski definition) is 3. The average molecular weight is 425 g/mol. The van der Waals surface area contributed by atoms with Crippen LogP contribution >= 0.6 is 0 Å². The van der Waals surface area contributed by atoms with Crippen LogP contribution in [0.3, 0.4) is 0 Å². The van der Waals surface area contributed by atoms with Gasteiger partial charge in [-0.05, 0) is 85.7 Å². The van der Waals surface area contributed by atoms with E-state index in [0.717, 1.165) is 39.9 Å². The number of anilines is 2. The van der Waals surface area contributed by atoms with Crippen molar-refractivity contribution in [3.8, 4) is 0 Å². The molecule has 0 saturated carbocycles. The molecule has 4 nitrogen and oxygen atoms in total. The molecule has 3 aromatic rings. The molecule has 162 valence electrons. The molecule has 0 spiro atoms. The first-order valence-corrected chi connectivity index (χ1v) is 10.9. The third-order valence-electron chi connectivity index (χ3n) is 6.12. The predicted molar refractivity (Wildman–Crippen MR) is 131 cm³/mol. The van der Waals surface area contributed by atoms with Crippen LogP contribution in [0.5, 0.6) is 0 Å². The Kier molecular flexibility index (Phi) is 5.70. The molecule has 1 aliphatic rings. The van der Waals surface area contributed by atoms with E-state index in [-0.39, 0.29) is 11.8 Å². The molecule has 1 heterocycles. The van der Waals surface area contributed by atoms with Gasteiger partial charge in [-0.1, -0.05) is 49.4 Å². The Morgan fingerprint density at radius 3 is 2.09 bits per heavy atom. The molecule has 1 N–H and O–H groups in total. The Morgan fingerprint density at radius 1 is 0.750 bits per heavy atom. The van der Waals surface area contributed by atoms with E-state index in [0.29, 0.717) is 17.0 Å². The van der Waals surface area contributed by atoms with Crippen LogP contribution < -0.4 is 10.2 Å². The van der Waals surface area contributed by atoms with Gasteiger partial charge in [-0.25, -0.2) is 4.90 Å². The maximum atomic E-state index is 13.7. The van der Waals surface area contributed by atoms with Crippen LogP contribution in [-0.4, -0.2) is 11.8 Å². The topological polar surface area (TPSA) is 49.4 Å². The first-order valence-electron chi connectivity index (χ1n) is 10.9. The van der Waals surface area contributed by atoms with Crippen molar-refractivity contribution in [2.75, 3.05) is 10.2 Å². The minimum absolute atomic E-state index is 0.306. The molecule has 0 aliphatic carbocycles. The zero-order valence-electron chi connectivity index (χ0n) is 19.2. The quantitative estimate of drug-likeness (QED) is 0.521. The van der Waals surface area contributed by atoms with Crippen molar-refractivity contribution in [2.24, 2.45) is 0 Å². The molecule has 0 radical (unpaired) electrons. The number of hydrogen-bond donors (Lipinski definition) is 1. The summed E-state index contributed by atoms with van der Waals surface area (Å²) >= 11 is 0. The van der Waals surface area contributed by atoms with Gasteiger partial charge >= 0.3 is 0 Å². The Morgan fingerprint density at radius 2 is 1.44 bits per heavy atom. The van der Waals surface area contributed by atoms with E-state index in [9.17, 15) is 9.59 Å². The van der Waals surface area contributed by atoms with Crippen molar-refractivity contribution < 1.29 is 9.59 Å². The molecule has 0 atom stereocenters. The van der Waals surface area contributed by atoms with Crippen molar-refractivity contribution in [3.63, 3.8) is 0 Å². The van der Waals surface area contributed by atoms with E-state index in [1.165, 1.54) is 10.5 Å². The molecule has 0 bridgehead atoms. The van der Waals surface area contributed by atoms with Gasteiger partial charge in [0, 0.05) is 5.69 Å². The molecule has 3 aromatic carbocycles. The minimum Gasteiger partial charge on any atom is -0.350 e. The van der Waals surface area contributed by atoms with Gasteiger partial charge in [-0.15, -0.1) is 0 Å². The maximum absolute atomic E-state index is 13.7. The summed E-state index contributed by atoms with van der Waals surface area (Å²) in [6.07, 6.45) is 0.939. The lowest BCUT2D eigenvalue weighted by molar-refractivity contribution is -0.120. The Balaban J connectivity index is 1.85. The summed E-state index contributed by atoms with van der Waals surface area (Å²) in [5.74, 6) is -0.642. The fourth-order valence-corrected chi connectivity index (χ4v) is 3.96. The lowest BCUT2D eigenvalue weighted by Gasteiger charge is -2.18. The summed E-state index contributed by atoms with van der Waals surface area (Å²) in [6, 6.07) is 19.6. The van der Waals surface area contributed by atoms with Gasteiger partial charge in [0.1, 0.15) is 5.70 Å². The summed E-state index contributed by atoms with van der Waals surface area (Å²) in [6.45, 7) is 10.0. The number of nitrogens with one attached hydrogen (secondary N) is 1. The number of imide groups is 1. The van der Waals surface area contributed by atoms with Gasteiger partial charge in [-0.3, -0.25) is 9.59 Å². The molecule has 0 unspecified atom stereocenters. The summed E-state index contributed by atoms with van der Waals surface area (Å²) in [7, 11) is 0. The van der Waals surface area contributed by atoms with Crippen molar-refractivity contribution >= 4 is 28.8 Å². The Bertz CT molecular complexity index is 1250. The van der Waals surface area contributed by atoms with Crippen LogP contribution in [0.4, 0.5) is 11.4 Å². The third-order valence-corrected chi connectivity index (χ3v) is 6.12. The largest absolute Gasteiger partial charge is 0.350 e. The maximum Gasteiger partial charge on any atom is 0.282 e. The standard InChI is InChI=1S/C28H28N2O2/c1-6-21-10-13-23(14-11-21)29-26-25(22-12-9-18(3)20(5)16-22)27(31)30(28(26)32)24-15-17(2)7-8-19(24)4/h7-16,29H,6H2,1-5H3. The van der Waals surface area contributed by atoms with Gasteiger partial charge in [0.05, 0.1) is 11.3 Å². The number of amides is 2. The average Bonchev–Trinajstić information content (AvgIpc) is 3.02. The number of benzene rings is 3. The summed E-state index contributed by atoms with van der Waals surface area (Å²) in [5, 5.41) is 3.26. The lowest BCUT2D eigenvalue weighted by Crippen LogP contribution is -2.33. The molecule has 32 heavy (non-hydrogen) atoms. The monoisotopic (exact) mass is 424 g/mol. The van der Waals surface area contributed by atoms with Crippen LogP contribution in [0.25, 0.3) is 5.57 Å². The smallest absolute Gasteiger partial charge is 0.282 e. The first-order chi connectivity index (χ1) is 15.3. The van der Waals surface area contributed by atoms with Gasteiger partial charge in [0.2, 0.25) is 0 Å². The molecule has 1 aliphatic heterocycles. The second-order valence-electron chi connectivity index (χ2n) is 8.46. The molecule has 0 saturated heterocycles. The molecular formula is C28H28N2O2. The van der Waals surface area contributed by atoms with Crippen molar-refractivity contribution in [1.29, 1.82) is 0 Å².